The molecule has 0 aliphatic rings. The van der Waals surface area contributed by atoms with E-state index in [4.69, 9.17) is 5.14 Å². The number of benzene rings is 2. The van der Waals surface area contributed by atoms with Gasteiger partial charge in [0.05, 0.1) is 26.6 Å². The number of amides is 1. The zero-order valence-electron chi connectivity index (χ0n) is 20.5. The lowest BCUT2D eigenvalue weighted by Gasteiger charge is -2.18. The van der Waals surface area contributed by atoms with Crippen LogP contribution in [0.15, 0.2) is 57.4 Å². The average Bonchev–Trinajstić information content (AvgIpc) is 3.18. The van der Waals surface area contributed by atoms with Crippen molar-refractivity contribution in [3.05, 3.63) is 42.5 Å². The highest BCUT2D eigenvalue weighted by molar-refractivity contribution is 7.99. The lowest BCUT2D eigenvalue weighted by molar-refractivity contribution is -0.113. The summed E-state index contributed by atoms with van der Waals surface area (Å²) < 4.78 is 52.0. The maximum Gasteiger partial charge on any atom is 0.243 e. The number of unbranched alkanes of at least 4 members (excludes halogenated alkanes) is 1. The molecule has 0 unspecified atom stereocenters. The van der Waals surface area contributed by atoms with Gasteiger partial charge < -0.3 is 9.88 Å². The fourth-order valence-corrected chi connectivity index (χ4v) is 6.49. The van der Waals surface area contributed by atoms with Crippen molar-refractivity contribution in [3.8, 4) is 0 Å². The van der Waals surface area contributed by atoms with Gasteiger partial charge in [-0.2, -0.15) is 4.31 Å². The summed E-state index contributed by atoms with van der Waals surface area (Å²) in [4.78, 5) is 17.3. The van der Waals surface area contributed by atoms with Crippen LogP contribution in [0.1, 0.15) is 33.6 Å². The first-order valence-corrected chi connectivity index (χ1v) is 15.5. The number of anilines is 1. The zero-order valence-corrected chi connectivity index (χ0v) is 22.9. The molecule has 0 saturated heterocycles. The summed E-state index contributed by atoms with van der Waals surface area (Å²) in [6, 6.07) is 10.6. The van der Waals surface area contributed by atoms with Gasteiger partial charge in [-0.3, -0.25) is 4.79 Å². The molecule has 0 fully saturated rings. The molecule has 1 heterocycles. The summed E-state index contributed by atoms with van der Waals surface area (Å²) in [5, 5.41) is 8.62. The maximum atomic E-state index is 12.6. The lowest BCUT2D eigenvalue weighted by atomic mass is 10.3. The van der Waals surface area contributed by atoms with Gasteiger partial charge in [0.25, 0.3) is 0 Å². The fraction of sp³-hybridized carbons (Fsp3) is 0.391. The third kappa shape index (κ3) is 6.45. The highest BCUT2D eigenvalue weighted by atomic mass is 32.2. The summed E-state index contributed by atoms with van der Waals surface area (Å²) >= 11 is 1.24. The smallest absolute Gasteiger partial charge is 0.243 e. The fourth-order valence-electron chi connectivity index (χ4n) is 3.66. The number of nitrogens with one attached hydrogen (secondary N) is 1. The standard InChI is InChI=1S/C23H31N5O5S3/c1-4-7-14-28-21-13-12-19(35(24,30)31)15-20(21)26-23(28)34-16-22(29)25-17-8-10-18(11-9-17)36(32,33)27(5-2)6-3/h8-13,15H,4-7,14,16H2,1-3H3,(H,25,29)(H2,24,30,31). The molecule has 3 N–H and O–H groups in total. The molecule has 0 bridgehead atoms. The molecule has 0 radical (unpaired) electrons. The Bertz CT molecular complexity index is 1430. The molecule has 3 aromatic rings. The molecule has 1 amide bonds. The predicted octanol–water partition coefficient (Wildman–Crippen LogP) is 3.25. The van der Waals surface area contributed by atoms with E-state index in [1.807, 2.05) is 4.57 Å². The van der Waals surface area contributed by atoms with Crippen molar-refractivity contribution in [2.24, 2.45) is 5.14 Å². The van der Waals surface area contributed by atoms with Crippen molar-refractivity contribution in [1.82, 2.24) is 13.9 Å². The summed E-state index contributed by atoms with van der Waals surface area (Å²) in [6.45, 7) is 7.05. The van der Waals surface area contributed by atoms with Gasteiger partial charge in [0.1, 0.15) is 0 Å². The van der Waals surface area contributed by atoms with E-state index in [-0.39, 0.29) is 21.5 Å². The van der Waals surface area contributed by atoms with E-state index in [0.29, 0.717) is 36.0 Å². The van der Waals surface area contributed by atoms with Gasteiger partial charge in [-0.25, -0.2) is 27.0 Å². The molecule has 0 aliphatic carbocycles. The number of imidazole rings is 1. The highest BCUT2D eigenvalue weighted by Gasteiger charge is 2.21. The Hall–Kier alpha value is -2.45. The SMILES string of the molecule is CCCCn1c(SCC(=O)Nc2ccc(S(=O)(=O)N(CC)CC)cc2)nc2cc(S(N)(=O)=O)ccc21. The van der Waals surface area contributed by atoms with Gasteiger partial charge in [0, 0.05) is 25.3 Å². The molecule has 196 valence electrons. The number of hydrogen-bond acceptors (Lipinski definition) is 7. The molecule has 10 nitrogen and oxygen atoms in total. The van der Waals surface area contributed by atoms with Crippen LogP contribution in [0.25, 0.3) is 11.0 Å². The van der Waals surface area contributed by atoms with Crippen LogP contribution in [0, 0.1) is 0 Å². The number of aromatic nitrogens is 2. The minimum Gasteiger partial charge on any atom is -0.325 e. The van der Waals surface area contributed by atoms with E-state index in [1.54, 1.807) is 32.0 Å². The minimum absolute atomic E-state index is 0.0177. The Morgan fingerprint density at radius 3 is 2.25 bits per heavy atom. The molecular weight excluding hydrogens is 522 g/mol. The molecule has 2 aromatic carbocycles. The Balaban J connectivity index is 1.73. The first kappa shape index (κ1) is 28.1. The number of sulfonamides is 2. The number of primary sulfonamides is 1. The number of carbonyl (C=O) groups is 1. The van der Waals surface area contributed by atoms with Crippen molar-refractivity contribution >= 4 is 54.4 Å². The topological polar surface area (TPSA) is 144 Å². The molecule has 0 spiro atoms. The number of fused-ring (bicyclic) bond motifs is 1. The van der Waals surface area contributed by atoms with Gasteiger partial charge in [-0.15, -0.1) is 0 Å². The van der Waals surface area contributed by atoms with Gasteiger partial charge in [0.2, 0.25) is 26.0 Å². The van der Waals surface area contributed by atoms with Crippen LogP contribution < -0.4 is 10.5 Å². The Labute approximate surface area is 216 Å². The molecule has 3 rings (SSSR count). The zero-order chi connectivity index (χ0) is 26.5. The van der Waals surface area contributed by atoms with Crippen molar-refractivity contribution in [1.29, 1.82) is 0 Å². The second-order valence-electron chi connectivity index (χ2n) is 8.05. The van der Waals surface area contributed by atoms with Crippen LogP contribution in [0.3, 0.4) is 0 Å². The number of thioether (sulfide) groups is 1. The van der Waals surface area contributed by atoms with Crippen molar-refractivity contribution in [2.75, 3.05) is 24.2 Å². The van der Waals surface area contributed by atoms with E-state index in [9.17, 15) is 21.6 Å². The van der Waals surface area contributed by atoms with Crippen molar-refractivity contribution in [3.63, 3.8) is 0 Å². The second kappa shape index (κ2) is 11.7. The highest BCUT2D eigenvalue weighted by Crippen LogP contribution is 2.27. The molecule has 13 heteroatoms. The summed E-state index contributed by atoms with van der Waals surface area (Å²) in [5.74, 6) is -0.213. The molecular formula is C23H31N5O5S3. The van der Waals surface area contributed by atoms with Crippen LogP contribution in [0.4, 0.5) is 5.69 Å². The second-order valence-corrected chi connectivity index (χ2v) is 12.5. The van der Waals surface area contributed by atoms with E-state index in [2.05, 4.69) is 17.2 Å². The normalized spacial score (nSPS) is 12.4. The average molecular weight is 554 g/mol. The van der Waals surface area contributed by atoms with E-state index in [1.165, 1.54) is 40.3 Å². The molecule has 0 atom stereocenters. The van der Waals surface area contributed by atoms with Gasteiger partial charge in [0.15, 0.2) is 5.16 Å². The molecule has 1 aromatic heterocycles. The van der Waals surface area contributed by atoms with E-state index in [0.717, 1.165) is 18.4 Å². The van der Waals surface area contributed by atoms with E-state index < -0.39 is 20.0 Å². The third-order valence-electron chi connectivity index (χ3n) is 5.56. The number of nitrogens with two attached hydrogens (primary N) is 1. The van der Waals surface area contributed by atoms with Crippen molar-refractivity contribution in [2.45, 2.75) is 55.1 Å². The molecule has 0 saturated carbocycles. The van der Waals surface area contributed by atoms with Gasteiger partial charge in [-0.1, -0.05) is 39.0 Å². The number of rotatable bonds is 12. The van der Waals surface area contributed by atoms with Crippen molar-refractivity contribution < 1.29 is 21.6 Å². The minimum atomic E-state index is -3.86. The van der Waals surface area contributed by atoms with Crippen LogP contribution in [-0.4, -0.2) is 55.4 Å². The first-order valence-electron chi connectivity index (χ1n) is 11.6. The summed E-state index contributed by atoms with van der Waals surface area (Å²) in [5.41, 5.74) is 1.74. The van der Waals surface area contributed by atoms with E-state index >= 15 is 0 Å². The van der Waals surface area contributed by atoms with Crippen LogP contribution >= 0.6 is 11.8 Å². The number of nitrogens with zero attached hydrogens (tertiary/aromatic N) is 3. The number of aryl methyl sites for hydroxylation is 1. The first-order chi connectivity index (χ1) is 17.0. The van der Waals surface area contributed by atoms with Gasteiger partial charge >= 0.3 is 0 Å². The Kier molecular flexibility index (Phi) is 9.17. The Morgan fingerprint density at radius 1 is 1.03 bits per heavy atom. The van der Waals surface area contributed by atoms with Crippen LogP contribution in [0.5, 0.6) is 0 Å². The van der Waals surface area contributed by atoms with Gasteiger partial charge in [-0.05, 0) is 48.9 Å². The quantitative estimate of drug-likeness (QED) is 0.328. The predicted molar refractivity (Wildman–Crippen MR) is 142 cm³/mol. The largest absolute Gasteiger partial charge is 0.325 e. The maximum absolute atomic E-state index is 12.6. The number of carbonyl (C=O) groups excluding carboxylic acids is 1. The van der Waals surface area contributed by atoms with Crippen LogP contribution in [0.2, 0.25) is 0 Å². The lowest BCUT2D eigenvalue weighted by Crippen LogP contribution is -2.30. The molecule has 36 heavy (non-hydrogen) atoms. The molecule has 0 aliphatic heterocycles. The Morgan fingerprint density at radius 2 is 1.67 bits per heavy atom. The third-order valence-corrected chi connectivity index (χ3v) is 9.51. The summed E-state index contributed by atoms with van der Waals surface area (Å²) in [6.07, 6.45) is 1.85. The number of hydrogen-bond donors (Lipinski definition) is 2. The summed E-state index contributed by atoms with van der Waals surface area (Å²) in [7, 11) is -7.43. The monoisotopic (exact) mass is 553 g/mol. The van der Waals surface area contributed by atoms with Crippen LogP contribution in [-0.2, 0) is 31.4 Å².